The predicted molar refractivity (Wildman–Crippen MR) is 76.5 cm³/mol. The first kappa shape index (κ1) is 17.7. The minimum atomic E-state index is -4.04. The summed E-state index contributed by atoms with van der Waals surface area (Å²) in [6.45, 7) is 2.75. The zero-order valence-corrected chi connectivity index (χ0v) is 13.3. The van der Waals surface area contributed by atoms with Crippen LogP contribution in [0.3, 0.4) is 0 Å². The summed E-state index contributed by atoms with van der Waals surface area (Å²) in [5, 5.41) is 10.3. The molecule has 118 valence electrons. The van der Waals surface area contributed by atoms with Gasteiger partial charge in [-0.05, 0) is 25.5 Å². The van der Waals surface area contributed by atoms with Gasteiger partial charge >= 0.3 is 5.69 Å². The van der Waals surface area contributed by atoms with Gasteiger partial charge in [0, 0.05) is 34.9 Å². The average Bonchev–Trinajstić information content (AvgIpc) is 2.38. The third kappa shape index (κ3) is 4.29. The van der Waals surface area contributed by atoms with Crippen molar-refractivity contribution < 1.29 is 21.9 Å². The largest absolute Gasteiger partial charge is 0.306 e. The molecule has 0 spiro atoms. The van der Waals surface area contributed by atoms with Crippen LogP contribution < -0.4 is 4.72 Å². The number of nitrogens with zero attached hydrogens (tertiary/aromatic N) is 1. The van der Waals surface area contributed by atoms with Gasteiger partial charge in [0.05, 0.1) is 9.82 Å². The number of hydrogen-bond donors (Lipinski definition) is 1. The normalized spacial score (nSPS) is 14.7. The zero-order chi connectivity index (χ0) is 16.4. The molecule has 21 heavy (non-hydrogen) atoms. The second-order valence-electron chi connectivity index (χ2n) is 4.49. The summed E-state index contributed by atoms with van der Waals surface area (Å²) in [6.07, 6.45) is 1.44. The highest BCUT2D eigenvalue weighted by Gasteiger charge is 2.24. The second-order valence-corrected chi connectivity index (χ2v) is 8.06. The molecule has 0 saturated carbocycles. The van der Waals surface area contributed by atoms with Crippen molar-refractivity contribution in [1.82, 2.24) is 4.72 Å². The Balaban J connectivity index is 3.15. The molecule has 0 bridgehead atoms. The van der Waals surface area contributed by atoms with Gasteiger partial charge < -0.3 is 0 Å². The molecule has 0 saturated heterocycles. The standard InChI is InChI=1S/C11H15FN2O5S2/c1-7-4-9(5-10(11(7)12)14(15)16)21(18,19)13-6-8(2)20(3)17/h4-5,8,13H,6H2,1-3H3. The van der Waals surface area contributed by atoms with Gasteiger partial charge in [0.2, 0.25) is 15.8 Å². The van der Waals surface area contributed by atoms with Crippen LogP contribution in [0.25, 0.3) is 0 Å². The molecule has 0 heterocycles. The molecule has 0 aliphatic rings. The lowest BCUT2D eigenvalue weighted by molar-refractivity contribution is -0.387. The van der Waals surface area contributed by atoms with Crippen LogP contribution in [0.4, 0.5) is 10.1 Å². The first-order valence-electron chi connectivity index (χ1n) is 5.82. The number of hydrogen-bond acceptors (Lipinski definition) is 5. The van der Waals surface area contributed by atoms with Crippen molar-refractivity contribution in [3.8, 4) is 0 Å². The topological polar surface area (TPSA) is 106 Å². The molecule has 0 aliphatic carbocycles. The molecule has 10 heteroatoms. The highest BCUT2D eigenvalue weighted by atomic mass is 32.2. The highest BCUT2D eigenvalue weighted by Crippen LogP contribution is 2.24. The molecule has 1 aromatic rings. The first-order valence-corrected chi connectivity index (χ1v) is 8.93. The van der Waals surface area contributed by atoms with Crippen molar-refractivity contribution in [3.63, 3.8) is 0 Å². The van der Waals surface area contributed by atoms with Crippen LogP contribution in [0.15, 0.2) is 17.0 Å². The molecule has 1 aromatic carbocycles. The SMILES string of the molecule is Cc1cc(S(=O)(=O)NCC(C)S(C)=O)cc([N+](=O)[O-])c1F. The number of rotatable bonds is 6. The van der Waals surface area contributed by atoms with E-state index in [0.29, 0.717) is 6.07 Å². The van der Waals surface area contributed by atoms with E-state index in [9.17, 15) is 27.1 Å². The van der Waals surface area contributed by atoms with E-state index in [-0.39, 0.29) is 12.1 Å². The third-order valence-electron chi connectivity index (χ3n) is 2.84. The summed E-state index contributed by atoms with van der Waals surface area (Å²) < 4.78 is 51.0. The molecule has 0 aromatic heterocycles. The van der Waals surface area contributed by atoms with Gasteiger partial charge in [0.25, 0.3) is 0 Å². The van der Waals surface area contributed by atoms with Gasteiger partial charge in [-0.1, -0.05) is 0 Å². The zero-order valence-electron chi connectivity index (χ0n) is 11.6. The maximum absolute atomic E-state index is 13.5. The van der Waals surface area contributed by atoms with E-state index < -0.39 is 47.4 Å². The lowest BCUT2D eigenvalue weighted by Crippen LogP contribution is -2.32. The fourth-order valence-electron chi connectivity index (χ4n) is 1.43. The maximum Gasteiger partial charge on any atom is 0.306 e. The van der Waals surface area contributed by atoms with Crippen molar-refractivity contribution in [2.24, 2.45) is 0 Å². The number of nitrogens with one attached hydrogen (secondary N) is 1. The minimum absolute atomic E-state index is 0.0876. The quantitative estimate of drug-likeness (QED) is 0.617. The Morgan fingerprint density at radius 2 is 2.05 bits per heavy atom. The van der Waals surface area contributed by atoms with Crippen LogP contribution in [-0.2, 0) is 20.8 Å². The molecule has 1 N–H and O–H groups in total. The summed E-state index contributed by atoms with van der Waals surface area (Å²) in [4.78, 5) is 9.34. The van der Waals surface area contributed by atoms with E-state index in [2.05, 4.69) is 4.72 Å². The van der Waals surface area contributed by atoms with Crippen molar-refractivity contribution in [3.05, 3.63) is 33.6 Å². The van der Waals surface area contributed by atoms with Gasteiger partial charge in [-0.25, -0.2) is 13.1 Å². The maximum atomic E-state index is 13.5. The Kier molecular flexibility index (Phi) is 5.54. The van der Waals surface area contributed by atoms with Crippen LogP contribution >= 0.6 is 0 Å². The summed E-state index contributed by atoms with van der Waals surface area (Å²) in [5.74, 6) is -1.07. The molecular formula is C11H15FN2O5S2. The Bertz CT molecular complexity index is 690. The van der Waals surface area contributed by atoms with Crippen LogP contribution in [0.5, 0.6) is 0 Å². The van der Waals surface area contributed by atoms with Gasteiger partial charge in [-0.15, -0.1) is 0 Å². The summed E-state index contributed by atoms with van der Waals surface area (Å²) in [6, 6.07) is 1.68. The first-order chi connectivity index (χ1) is 9.56. The predicted octanol–water partition coefficient (Wildman–Crippen LogP) is 1.09. The Hall–Kier alpha value is -1.39. The van der Waals surface area contributed by atoms with E-state index in [1.165, 1.54) is 13.2 Å². The lowest BCUT2D eigenvalue weighted by Gasteiger charge is -2.11. The van der Waals surface area contributed by atoms with E-state index in [1.54, 1.807) is 6.92 Å². The molecule has 0 amide bonds. The van der Waals surface area contributed by atoms with Crippen LogP contribution in [0.1, 0.15) is 12.5 Å². The number of nitro groups is 1. The van der Waals surface area contributed by atoms with E-state index >= 15 is 0 Å². The van der Waals surface area contributed by atoms with E-state index in [0.717, 1.165) is 6.07 Å². The number of nitro benzene ring substituents is 1. The van der Waals surface area contributed by atoms with E-state index in [4.69, 9.17) is 0 Å². The van der Waals surface area contributed by atoms with Crippen molar-refractivity contribution in [2.45, 2.75) is 24.0 Å². The van der Waals surface area contributed by atoms with Crippen LogP contribution in [-0.4, -0.2) is 35.6 Å². The minimum Gasteiger partial charge on any atom is -0.260 e. The number of halogens is 1. The fraction of sp³-hybridized carbons (Fsp3) is 0.455. The Morgan fingerprint density at radius 1 is 1.48 bits per heavy atom. The summed E-state index contributed by atoms with van der Waals surface area (Å²) in [5.41, 5.74) is -1.04. The highest BCUT2D eigenvalue weighted by molar-refractivity contribution is 7.89. The summed E-state index contributed by atoms with van der Waals surface area (Å²) in [7, 11) is -5.26. The van der Waals surface area contributed by atoms with Gasteiger partial charge in [-0.3, -0.25) is 14.3 Å². The third-order valence-corrected chi connectivity index (χ3v) is 5.55. The van der Waals surface area contributed by atoms with Gasteiger partial charge in [0.15, 0.2) is 0 Å². The second kappa shape index (κ2) is 6.58. The molecule has 7 nitrogen and oxygen atoms in total. The fourth-order valence-corrected chi connectivity index (χ4v) is 3.09. The summed E-state index contributed by atoms with van der Waals surface area (Å²) >= 11 is 0. The molecule has 0 fully saturated rings. The molecule has 0 radical (unpaired) electrons. The Morgan fingerprint density at radius 3 is 2.52 bits per heavy atom. The molecule has 2 atom stereocenters. The smallest absolute Gasteiger partial charge is 0.260 e. The van der Waals surface area contributed by atoms with Crippen molar-refractivity contribution >= 4 is 26.5 Å². The molecule has 0 aliphatic heterocycles. The molecule has 1 rings (SSSR count). The lowest BCUT2D eigenvalue weighted by atomic mass is 10.2. The van der Waals surface area contributed by atoms with Gasteiger partial charge in [0.1, 0.15) is 0 Å². The number of benzene rings is 1. The molecular weight excluding hydrogens is 323 g/mol. The molecule has 2 unspecified atom stereocenters. The van der Waals surface area contributed by atoms with Crippen LogP contribution in [0.2, 0.25) is 0 Å². The van der Waals surface area contributed by atoms with E-state index in [1.807, 2.05) is 0 Å². The monoisotopic (exact) mass is 338 g/mol. The van der Waals surface area contributed by atoms with Crippen molar-refractivity contribution in [1.29, 1.82) is 0 Å². The van der Waals surface area contributed by atoms with Crippen molar-refractivity contribution in [2.75, 3.05) is 12.8 Å². The van der Waals surface area contributed by atoms with Crippen LogP contribution in [0, 0.1) is 22.9 Å². The average molecular weight is 338 g/mol. The number of sulfonamides is 1. The Labute approximate surface area is 124 Å². The van der Waals surface area contributed by atoms with Gasteiger partial charge in [-0.2, -0.15) is 4.39 Å². The number of aryl methyl sites for hydroxylation is 1.